The van der Waals surface area contributed by atoms with E-state index in [4.69, 9.17) is 9.62 Å². The van der Waals surface area contributed by atoms with Gasteiger partial charge in [0.05, 0.1) is 13.7 Å². The van der Waals surface area contributed by atoms with Crippen molar-refractivity contribution in [2.45, 2.75) is 26.4 Å². The molecule has 3 heteroatoms. The Labute approximate surface area is 90.9 Å². The van der Waals surface area contributed by atoms with Gasteiger partial charge in [-0.3, -0.25) is 0 Å². The first kappa shape index (κ1) is 12.0. The van der Waals surface area contributed by atoms with E-state index in [9.17, 15) is 0 Å². The number of hydrogen-bond donors (Lipinski definition) is 0. The molecular weight excluding hydrogens is 192 g/mol. The second kappa shape index (κ2) is 7.26. The molecule has 0 unspecified atom stereocenters. The molecule has 3 nitrogen and oxygen atoms in total. The maximum Gasteiger partial charge on any atom is 0.119 e. The van der Waals surface area contributed by atoms with Crippen LogP contribution in [0.3, 0.4) is 0 Å². The van der Waals surface area contributed by atoms with Gasteiger partial charge in [-0.25, -0.2) is 9.78 Å². The average Bonchev–Trinajstić information content (AvgIpc) is 2.28. The van der Waals surface area contributed by atoms with E-state index in [0.717, 1.165) is 30.8 Å². The molecule has 0 aliphatic rings. The normalized spacial score (nSPS) is 10.3. The molecule has 0 aliphatic heterocycles. The van der Waals surface area contributed by atoms with Crippen molar-refractivity contribution < 1.29 is 14.5 Å². The van der Waals surface area contributed by atoms with E-state index >= 15 is 0 Å². The molecule has 1 rings (SSSR count). The third-order valence-electron chi connectivity index (χ3n) is 2.03. The molecule has 0 aromatic heterocycles. The van der Waals surface area contributed by atoms with Crippen LogP contribution in [0, 0.1) is 0 Å². The van der Waals surface area contributed by atoms with E-state index in [2.05, 4.69) is 11.8 Å². The van der Waals surface area contributed by atoms with Crippen molar-refractivity contribution in [3.8, 4) is 5.75 Å². The maximum absolute atomic E-state index is 5.53. The zero-order valence-corrected chi connectivity index (χ0v) is 9.36. The topological polar surface area (TPSA) is 27.7 Å². The van der Waals surface area contributed by atoms with Gasteiger partial charge in [-0.2, -0.15) is 0 Å². The Morgan fingerprint density at radius 2 is 1.87 bits per heavy atom. The molecule has 1 aromatic carbocycles. The van der Waals surface area contributed by atoms with E-state index in [1.807, 2.05) is 24.3 Å². The van der Waals surface area contributed by atoms with Crippen LogP contribution in [0.1, 0.15) is 25.3 Å². The summed E-state index contributed by atoms with van der Waals surface area (Å²) in [6.45, 7) is 3.39. The van der Waals surface area contributed by atoms with Crippen LogP contribution in [0.15, 0.2) is 24.3 Å². The summed E-state index contributed by atoms with van der Waals surface area (Å²) < 4.78 is 5.53. The zero-order valence-electron chi connectivity index (χ0n) is 9.36. The number of rotatable bonds is 7. The van der Waals surface area contributed by atoms with E-state index in [1.54, 1.807) is 0 Å². The SMILES string of the molecule is CCCCOc1ccc(COOC)cc1. The van der Waals surface area contributed by atoms with Gasteiger partial charge in [0.1, 0.15) is 12.4 Å². The van der Waals surface area contributed by atoms with Crippen LogP contribution in [0.4, 0.5) is 0 Å². The molecule has 0 amide bonds. The van der Waals surface area contributed by atoms with Crippen LogP contribution < -0.4 is 4.74 Å². The molecule has 0 atom stereocenters. The van der Waals surface area contributed by atoms with Crippen LogP contribution in [0.5, 0.6) is 5.75 Å². The van der Waals surface area contributed by atoms with Crippen molar-refractivity contribution in [1.82, 2.24) is 0 Å². The summed E-state index contributed by atoms with van der Waals surface area (Å²) in [5.41, 5.74) is 1.07. The number of ether oxygens (including phenoxy) is 1. The van der Waals surface area contributed by atoms with E-state index in [0.29, 0.717) is 6.61 Å². The standard InChI is InChI=1S/C12H18O3/c1-3-4-9-14-12-7-5-11(6-8-12)10-15-13-2/h5-8H,3-4,9-10H2,1-2H3. The van der Waals surface area contributed by atoms with Crippen LogP contribution in [-0.4, -0.2) is 13.7 Å². The Kier molecular flexibility index (Phi) is 5.81. The van der Waals surface area contributed by atoms with Gasteiger partial charge in [-0.15, -0.1) is 0 Å². The summed E-state index contributed by atoms with van der Waals surface area (Å²) in [5.74, 6) is 0.907. The Hall–Kier alpha value is -1.06. The van der Waals surface area contributed by atoms with E-state index < -0.39 is 0 Å². The number of unbranched alkanes of at least 4 members (excludes halogenated alkanes) is 1. The molecule has 1 aromatic rings. The van der Waals surface area contributed by atoms with Crippen molar-refractivity contribution in [2.24, 2.45) is 0 Å². The summed E-state index contributed by atoms with van der Waals surface area (Å²) in [6.07, 6.45) is 2.24. The largest absolute Gasteiger partial charge is 0.494 e. The summed E-state index contributed by atoms with van der Waals surface area (Å²) >= 11 is 0. The first-order valence-electron chi connectivity index (χ1n) is 5.24. The highest BCUT2D eigenvalue weighted by molar-refractivity contribution is 5.26. The fourth-order valence-electron chi connectivity index (χ4n) is 1.14. The van der Waals surface area contributed by atoms with Gasteiger partial charge in [0.2, 0.25) is 0 Å². The maximum atomic E-state index is 5.53. The van der Waals surface area contributed by atoms with Crippen molar-refractivity contribution in [1.29, 1.82) is 0 Å². The Balaban J connectivity index is 2.35. The van der Waals surface area contributed by atoms with Crippen molar-refractivity contribution in [2.75, 3.05) is 13.7 Å². The molecule has 0 saturated heterocycles. The molecule has 15 heavy (non-hydrogen) atoms. The molecular formula is C12H18O3. The Morgan fingerprint density at radius 1 is 1.13 bits per heavy atom. The molecule has 0 N–H and O–H groups in total. The average molecular weight is 210 g/mol. The minimum Gasteiger partial charge on any atom is -0.494 e. The molecule has 0 bridgehead atoms. The molecule has 0 heterocycles. The summed E-state index contributed by atoms with van der Waals surface area (Å²) in [4.78, 5) is 9.34. The molecule has 0 saturated carbocycles. The predicted octanol–water partition coefficient (Wildman–Crippen LogP) is 2.94. The van der Waals surface area contributed by atoms with Gasteiger partial charge < -0.3 is 4.74 Å². The number of benzene rings is 1. The first-order chi connectivity index (χ1) is 7.36. The fraction of sp³-hybridized carbons (Fsp3) is 0.500. The third kappa shape index (κ3) is 4.81. The summed E-state index contributed by atoms with van der Waals surface area (Å²) in [5, 5.41) is 0. The smallest absolute Gasteiger partial charge is 0.119 e. The van der Waals surface area contributed by atoms with Gasteiger partial charge >= 0.3 is 0 Å². The third-order valence-corrected chi connectivity index (χ3v) is 2.03. The van der Waals surface area contributed by atoms with Crippen molar-refractivity contribution >= 4 is 0 Å². The van der Waals surface area contributed by atoms with Gasteiger partial charge in [0.25, 0.3) is 0 Å². The monoisotopic (exact) mass is 210 g/mol. The zero-order chi connectivity index (χ0) is 10.9. The van der Waals surface area contributed by atoms with Gasteiger partial charge in [0.15, 0.2) is 0 Å². The summed E-state index contributed by atoms with van der Waals surface area (Å²) in [7, 11) is 1.50. The Bertz CT molecular complexity index is 256. The van der Waals surface area contributed by atoms with Gasteiger partial charge in [-0.05, 0) is 24.1 Å². The molecule has 0 aliphatic carbocycles. The molecule has 84 valence electrons. The van der Waals surface area contributed by atoms with E-state index in [1.165, 1.54) is 7.11 Å². The minimum atomic E-state index is 0.464. The lowest BCUT2D eigenvalue weighted by atomic mass is 10.2. The van der Waals surface area contributed by atoms with Crippen LogP contribution in [0.2, 0.25) is 0 Å². The second-order valence-corrected chi connectivity index (χ2v) is 3.27. The highest BCUT2D eigenvalue weighted by atomic mass is 17.2. The lowest BCUT2D eigenvalue weighted by molar-refractivity contribution is -0.282. The van der Waals surface area contributed by atoms with Crippen molar-refractivity contribution in [3.63, 3.8) is 0 Å². The lowest BCUT2D eigenvalue weighted by Crippen LogP contribution is -1.97. The van der Waals surface area contributed by atoms with Crippen molar-refractivity contribution in [3.05, 3.63) is 29.8 Å². The van der Waals surface area contributed by atoms with Gasteiger partial charge in [-0.1, -0.05) is 25.5 Å². The second-order valence-electron chi connectivity index (χ2n) is 3.27. The highest BCUT2D eigenvalue weighted by Crippen LogP contribution is 2.13. The fourth-order valence-corrected chi connectivity index (χ4v) is 1.14. The highest BCUT2D eigenvalue weighted by Gasteiger charge is 1.95. The lowest BCUT2D eigenvalue weighted by Gasteiger charge is -2.06. The van der Waals surface area contributed by atoms with Crippen LogP contribution in [-0.2, 0) is 16.4 Å². The van der Waals surface area contributed by atoms with Gasteiger partial charge in [0, 0.05) is 0 Å². The molecule has 0 spiro atoms. The summed E-state index contributed by atoms with van der Waals surface area (Å²) in [6, 6.07) is 7.84. The molecule has 0 radical (unpaired) electrons. The quantitative estimate of drug-likeness (QED) is 0.393. The number of hydrogen-bond acceptors (Lipinski definition) is 3. The predicted molar refractivity (Wildman–Crippen MR) is 58.6 cm³/mol. The van der Waals surface area contributed by atoms with Crippen LogP contribution in [0.25, 0.3) is 0 Å². The van der Waals surface area contributed by atoms with Crippen LogP contribution >= 0.6 is 0 Å². The van der Waals surface area contributed by atoms with E-state index in [-0.39, 0.29) is 0 Å². The molecule has 0 fully saturated rings. The Morgan fingerprint density at radius 3 is 2.47 bits per heavy atom. The first-order valence-corrected chi connectivity index (χ1v) is 5.24. The minimum absolute atomic E-state index is 0.464.